The number of aromatic nitrogens is 2. The zero-order valence-electron chi connectivity index (χ0n) is 10.9. The summed E-state index contributed by atoms with van der Waals surface area (Å²) in [5.74, 6) is 0.689. The number of benzene rings is 1. The molecule has 0 atom stereocenters. The second-order valence-electron chi connectivity index (χ2n) is 4.45. The van der Waals surface area contributed by atoms with Crippen molar-refractivity contribution in [1.29, 1.82) is 0 Å². The highest BCUT2D eigenvalue weighted by Crippen LogP contribution is 2.29. The van der Waals surface area contributed by atoms with Crippen molar-refractivity contribution >= 4 is 28.2 Å². The van der Waals surface area contributed by atoms with E-state index < -0.39 is 0 Å². The minimum atomic E-state index is 0.505. The van der Waals surface area contributed by atoms with E-state index in [9.17, 15) is 0 Å². The van der Waals surface area contributed by atoms with E-state index in [2.05, 4.69) is 27.5 Å². The van der Waals surface area contributed by atoms with Crippen LogP contribution in [0, 0.1) is 6.92 Å². The number of fused-ring (bicyclic) bond motifs is 1. The van der Waals surface area contributed by atoms with Gasteiger partial charge in [0.1, 0.15) is 11.0 Å². The molecule has 0 N–H and O–H groups in total. The first-order valence-electron chi connectivity index (χ1n) is 5.78. The monoisotopic (exact) mass is 261 g/mol. The summed E-state index contributed by atoms with van der Waals surface area (Å²) >= 11 is 6.18. The van der Waals surface area contributed by atoms with Crippen molar-refractivity contribution in [3.63, 3.8) is 0 Å². The molecule has 0 aliphatic carbocycles. The number of hydrogen-bond acceptors (Lipinski definition) is 3. The fourth-order valence-corrected chi connectivity index (χ4v) is 2.29. The van der Waals surface area contributed by atoms with Crippen molar-refractivity contribution in [3.05, 3.63) is 41.3 Å². The van der Waals surface area contributed by atoms with E-state index in [4.69, 9.17) is 11.6 Å². The smallest absolute Gasteiger partial charge is 0.140 e. The summed E-state index contributed by atoms with van der Waals surface area (Å²) in [5, 5.41) is 1.39. The van der Waals surface area contributed by atoms with Crippen LogP contribution in [0.4, 0.5) is 5.69 Å². The van der Waals surface area contributed by atoms with Crippen LogP contribution in [0.3, 0.4) is 0 Å². The normalized spacial score (nSPS) is 10.7. The molecule has 0 bridgehead atoms. The van der Waals surface area contributed by atoms with Gasteiger partial charge >= 0.3 is 0 Å². The van der Waals surface area contributed by atoms with Crippen molar-refractivity contribution in [2.45, 2.75) is 13.3 Å². The lowest BCUT2D eigenvalue weighted by molar-refractivity contribution is 1.07. The van der Waals surface area contributed by atoms with Crippen LogP contribution >= 0.6 is 11.6 Å². The number of anilines is 1. The quantitative estimate of drug-likeness (QED) is 0.627. The Morgan fingerprint density at radius 2 is 2.06 bits per heavy atom. The molecule has 0 saturated heterocycles. The van der Waals surface area contributed by atoms with Crippen LogP contribution in [0.1, 0.15) is 11.4 Å². The van der Waals surface area contributed by atoms with Gasteiger partial charge < -0.3 is 4.90 Å². The summed E-state index contributed by atoms with van der Waals surface area (Å²) in [5.41, 5.74) is 3.20. The van der Waals surface area contributed by atoms with Crippen LogP contribution in [0.5, 0.6) is 0 Å². The van der Waals surface area contributed by atoms with E-state index in [-0.39, 0.29) is 0 Å². The number of halogens is 1. The van der Waals surface area contributed by atoms with Gasteiger partial charge in [-0.1, -0.05) is 17.7 Å². The van der Waals surface area contributed by atoms with Crippen molar-refractivity contribution in [2.24, 2.45) is 0 Å². The van der Waals surface area contributed by atoms with E-state index in [1.54, 1.807) is 0 Å². The van der Waals surface area contributed by atoms with Crippen molar-refractivity contribution in [2.75, 3.05) is 19.0 Å². The van der Waals surface area contributed by atoms with Gasteiger partial charge in [-0.2, -0.15) is 0 Å². The van der Waals surface area contributed by atoms with Gasteiger partial charge in [0.25, 0.3) is 0 Å². The molecule has 1 aromatic heterocycles. The highest BCUT2D eigenvalue weighted by atomic mass is 35.5. The molecule has 18 heavy (non-hydrogen) atoms. The lowest BCUT2D eigenvalue weighted by atomic mass is 10.1. The van der Waals surface area contributed by atoms with Crippen LogP contribution in [0.2, 0.25) is 5.15 Å². The third-order valence-corrected chi connectivity index (χ3v) is 3.10. The second-order valence-corrected chi connectivity index (χ2v) is 4.80. The summed E-state index contributed by atoms with van der Waals surface area (Å²) < 4.78 is 0. The summed E-state index contributed by atoms with van der Waals surface area (Å²) in [7, 11) is 4.02. The third kappa shape index (κ3) is 2.31. The Balaban J connectivity index is 2.75. The Hall–Kier alpha value is -1.61. The molecule has 0 aliphatic rings. The average Bonchev–Trinajstić information content (AvgIpc) is 2.27. The Morgan fingerprint density at radius 3 is 2.67 bits per heavy atom. The minimum Gasteiger partial charge on any atom is -0.377 e. The molecular weight excluding hydrogens is 246 g/mol. The van der Waals surface area contributed by atoms with E-state index in [1.165, 1.54) is 5.56 Å². The summed E-state index contributed by atoms with van der Waals surface area (Å²) in [6.07, 6.45) is 2.70. The lowest BCUT2D eigenvalue weighted by Gasteiger charge is -2.18. The van der Waals surface area contributed by atoms with Crippen molar-refractivity contribution < 1.29 is 0 Å². The molecule has 1 heterocycles. The van der Waals surface area contributed by atoms with Gasteiger partial charge in [0.2, 0.25) is 0 Å². The molecule has 2 rings (SSSR count). The second kappa shape index (κ2) is 4.94. The van der Waals surface area contributed by atoms with E-state index in [1.807, 2.05) is 33.2 Å². The highest BCUT2D eigenvalue weighted by Gasteiger charge is 2.10. The molecule has 0 saturated carbocycles. The molecule has 0 radical (unpaired) electrons. The van der Waals surface area contributed by atoms with Gasteiger partial charge in [-0.15, -0.1) is 6.58 Å². The van der Waals surface area contributed by atoms with Crippen LogP contribution in [0.25, 0.3) is 10.9 Å². The number of nitrogens with zero attached hydrogens (tertiary/aromatic N) is 3. The predicted octanol–water partition coefficient (Wildman–Crippen LogP) is 3.39. The first-order valence-corrected chi connectivity index (χ1v) is 6.15. The van der Waals surface area contributed by atoms with Crippen LogP contribution in [-0.2, 0) is 6.42 Å². The molecule has 2 aromatic rings. The maximum Gasteiger partial charge on any atom is 0.140 e. The molecule has 0 spiro atoms. The van der Waals surface area contributed by atoms with Gasteiger partial charge in [-0.05, 0) is 31.0 Å². The molecule has 0 fully saturated rings. The minimum absolute atomic E-state index is 0.505. The van der Waals surface area contributed by atoms with Crippen molar-refractivity contribution in [1.82, 2.24) is 9.97 Å². The van der Waals surface area contributed by atoms with E-state index in [0.29, 0.717) is 11.0 Å². The molecule has 3 nitrogen and oxygen atoms in total. The van der Waals surface area contributed by atoms with Gasteiger partial charge in [-0.3, -0.25) is 0 Å². The molecule has 0 amide bonds. The summed E-state index contributed by atoms with van der Waals surface area (Å²) in [4.78, 5) is 10.7. The molecule has 4 heteroatoms. The van der Waals surface area contributed by atoms with Gasteiger partial charge in [0.15, 0.2) is 0 Å². The Morgan fingerprint density at radius 1 is 1.33 bits per heavy atom. The highest BCUT2D eigenvalue weighted by molar-refractivity contribution is 6.34. The Labute approximate surface area is 112 Å². The van der Waals surface area contributed by atoms with Gasteiger partial charge in [0.05, 0.1) is 5.52 Å². The SMILES string of the molecule is C=CCc1cc2nc(C)nc(Cl)c2cc1N(C)C. The van der Waals surface area contributed by atoms with Crippen LogP contribution in [0.15, 0.2) is 24.8 Å². The maximum absolute atomic E-state index is 6.18. The average molecular weight is 262 g/mol. The standard InChI is InChI=1S/C14H16ClN3/c1-5-6-10-7-12-11(8-13(10)18(3)4)14(15)17-9(2)16-12/h5,7-8H,1,6H2,2-4H3. The van der Waals surface area contributed by atoms with Crippen LogP contribution in [-0.4, -0.2) is 24.1 Å². The van der Waals surface area contributed by atoms with Crippen molar-refractivity contribution in [3.8, 4) is 0 Å². The molecular formula is C14H16ClN3. The fraction of sp³-hybridized carbons (Fsp3) is 0.286. The predicted molar refractivity (Wildman–Crippen MR) is 77.5 cm³/mol. The lowest BCUT2D eigenvalue weighted by Crippen LogP contribution is -2.11. The molecule has 0 aliphatic heterocycles. The van der Waals surface area contributed by atoms with E-state index in [0.717, 1.165) is 23.0 Å². The Bertz CT molecular complexity index is 606. The largest absolute Gasteiger partial charge is 0.377 e. The maximum atomic E-state index is 6.18. The summed E-state index contributed by atoms with van der Waals surface area (Å²) in [6.45, 7) is 5.64. The first kappa shape index (κ1) is 12.8. The number of rotatable bonds is 3. The van der Waals surface area contributed by atoms with E-state index >= 15 is 0 Å². The summed E-state index contributed by atoms with van der Waals surface area (Å²) in [6, 6.07) is 4.10. The van der Waals surface area contributed by atoms with Crippen LogP contribution < -0.4 is 4.90 Å². The molecule has 1 aromatic carbocycles. The number of allylic oxidation sites excluding steroid dienone is 1. The van der Waals surface area contributed by atoms with Gasteiger partial charge in [0, 0.05) is 25.2 Å². The number of hydrogen-bond donors (Lipinski definition) is 0. The zero-order chi connectivity index (χ0) is 13.3. The molecule has 0 unspecified atom stereocenters. The van der Waals surface area contributed by atoms with Gasteiger partial charge in [-0.25, -0.2) is 9.97 Å². The zero-order valence-corrected chi connectivity index (χ0v) is 11.6. The topological polar surface area (TPSA) is 29.0 Å². The molecule has 94 valence electrons. The third-order valence-electron chi connectivity index (χ3n) is 2.81. The number of aryl methyl sites for hydroxylation is 1. The first-order chi connectivity index (χ1) is 8.52. The Kier molecular flexibility index (Phi) is 3.53. The fourth-order valence-electron chi connectivity index (χ4n) is 2.01.